The lowest BCUT2D eigenvalue weighted by Gasteiger charge is -2.30. The van der Waals surface area contributed by atoms with Crippen molar-refractivity contribution in [3.05, 3.63) is 94.5 Å². The number of sulfone groups is 1. The molecule has 0 fully saturated rings. The molecule has 0 unspecified atom stereocenters. The molecule has 2 N–H and O–H groups in total. The van der Waals surface area contributed by atoms with Crippen LogP contribution in [0.25, 0.3) is 0 Å². The van der Waals surface area contributed by atoms with Crippen molar-refractivity contribution in [1.29, 1.82) is 0 Å². The van der Waals surface area contributed by atoms with Crippen LogP contribution in [0, 0.1) is 0 Å². The number of nitrogens with one attached hydrogen (secondary N) is 1. The van der Waals surface area contributed by atoms with Crippen LogP contribution >= 0.6 is 15.9 Å². The third-order valence-corrected chi connectivity index (χ3v) is 8.51. The molecule has 1 amide bonds. The van der Waals surface area contributed by atoms with Gasteiger partial charge in [-0.25, -0.2) is 18.9 Å². The minimum atomic E-state index is -3.73. The number of ether oxygens (including phenoxy) is 2. The van der Waals surface area contributed by atoms with Crippen LogP contribution in [-0.2, 0) is 24.2 Å². The van der Waals surface area contributed by atoms with Gasteiger partial charge in [0.25, 0.3) is 5.91 Å². The van der Waals surface area contributed by atoms with Crippen molar-refractivity contribution in [2.45, 2.75) is 29.4 Å². The fourth-order valence-electron chi connectivity index (χ4n) is 4.22. The predicted octanol–water partition coefficient (Wildman–Crippen LogP) is 4.01. The average Bonchev–Trinajstić information content (AvgIpc) is 3.35. The molecule has 1 heterocycles. The average molecular weight is 618 g/mol. The largest absolute Gasteiger partial charge is 0.494 e. The molecule has 1 aliphatic rings. The summed E-state index contributed by atoms with van der Waals surface area (Å²) in [7, 11) is -2.43. The Balaban J connectivity index is 1.73. The summed E-state index contributed by atoms with van der Waals surface area (Å²) in [6, 6.07) is 22.3. The fraction of sp³-hybridized carbons (Fsp3) is 0.286. The molecule has 1 aliphatic heterocycles. The molecule has 0 bridgehead atoms. The smallest absolute Gasteiger partial charge is 0.275 e. The number of hydrogen-bond donors (Lipinski definition) is 2. The van der Waals surface area contributed by atoms with Crippen LogP contribution in [0.1, 0.15) is 30.1 Å². The van der Waals surface area contributed by atoms with E-state index in [1.807, 2.05) is 12.1 Å². The van der Waals surface area contributed by atoms with E-state index in [9.17, 15) is 13.2 Å². The van der Waals surface area contributed by atoms with Crippen LogP contribution in [0.4, 0.5) is 0 Å². The molecule has 3 aromatic rings. The van der Waals surface area contributed by atoms with Crippen molar-refractivity contribution < 1.29 is 32.6 Å². The second-order valence-electron chi connectivity index (χ2n) is 8.86. The van der Waals surface area contributed by atoms with Gasteiger partial charge in [-0.1, -0.05) is 46.3 Å². The molecule has 0 aliphatic carbocycles. The van der Waals surface area contributed by atoms with Crippen molar-refractivity contribution in [3.8, 4) is 5.75 Å². The van der Waals surface area contributed by atoms with Crippen LogP contribution in [0.15, 0.2) is 93.2 Å². The Kier molecular flexibility index (Phi) is 9.39. The number of hydrogen-bond acceptors (Lipinski definition) is 8. The summed E-state index contributed by atoms with van der Waals surface area (Å²) >= 11 is 3.42. The number of benzene rings is 3. The first-order valence-electron chi connectivity index (χ1n) is 12.3. The van der Waals surface area contributed by atoms with Gasteiger partial charge in [-0.2, -0.15) is 0 Å². The number of amides is 1. The van der Waals surface area contributed by atoms with Crippen LogP contribution in [-0.4, -0.2) is 56.9 Å². The summed E-state index contributed by atoms with van der Waals surface area (Å²) in [6.45, 7) is 0.404. The minimum absolute atomic E-state index is 0.0335. The summed E-state index contributed by atoms with van der Waals surface area (Å²) in [4.78, 5) is 23.4. The number of carbonyl (C=O) groups excluding carboxylic acids is 1. The molecule has 0 saturated heterocycles. The number of rotatable bonds is 12. The van der Waals surface area contributed by atoms with E-state index in [0.29, 0.717) is 29.9 Å². The highest BCUT2D eigenvalue weighted by atomic mass is 79.9. The fourth-order valence-corrected chi connectivity index (χ4v) is 5.88. The molecular formula is C28H29BrN2O7S. The molecule has 0 radical (unpaired) electrons. The molecule has 3 aromatic carbocycles. The van der Waals surface area contributed by atoms with E-state index in [1.165, 1.54) is 19.2 Å². The van der Waals surface area contributed by atoms with Gasteiger partial charge in [0.1, 0.15) is 5.75 Å². The highest BCUT2D eigenvalue weighted by Gasteiger charge is 2.54. The van der Waals surface area contributed by atoms with E-state index >= 15 is 0 Å². The zero-order valence-corrected chi connectivity index (χ0v) is 23.7. The number of aliphatic imine (C=N–C) groups is 1. The zero-order chi connectivity index (χ0) is 27.9. The normalized spacial score (nSPS) is 18.7. The zero-order valence-electron chi connectivity index (χ0n) is 21.2. The van der Waals surface area contributed by atoms with Gasteiger partial charge < -0.3 is 14.6 Å². The highest BCUT2D eigenvalue weighted by molar-refractivity contribution is 9.10. The number of nitrogens with zero attached hydrogens (tertiary/aromatic N) is 1. The molecule has 9 nitrogen and oxygen atoms in total. The molecule has 11 heteroatoms. The molecule has 4 rings (SSSR count). The Morgan fingerprint density at radius 2 is 1.77 bits per heavy atom. The van der Waals surface area contributed by atoms with Gasteiger partial charge in [0, 0.05) is 29.5 Å². The number of hydroxylamine groups is 1. The molecule has 0 spiro atoms. The highest BCUT2D eigenvalue weighted by Crippen LogP contribution is 2.43. The van der Waals surface area contributed by atoms with Crippen LogP contribution < -0.4 is 10.2 Å². The van der Waals surface area contributed by atoms with Gasteiger partial charge in [-0.05, 0) is 54.1 Å². The van der Waals surface area contributed by atoms with E-state index < -0.39 is 27.4 Å². The first-order valence-corrected chi connectivity index (χ1v) is 14.7. The summed E-state index contributed by atoms with van der Waals surface area (Å²) in [6.07, 6.45) is -0.580. The van der Waals surface area contributed by atoms with E-state index in [0.717, 1.165) is 4.47 Å². The van der Waals surface area contributed by atoms with Gasteiger partial charge in [0.15, 0.2) is 21.5 Å². The van der Waals surface area contributed by atoms with Crippen LogP contribution in [0.2, 0.25) is 0 Å². The minimum Gasteiger partial charge on any atom is -0.494 e. The molecule has 206 valence electrons. The third-order valence-electron chi connectivity index (χ3n) is 6.25. The Labute approximate surface area is 235 Å². The molecule has 0 saturated carbocycles. The maximum atomic E-state index is 13.6. The van der Waals surface area contributed by atoms with Crippen LogP contribution in [0.3, 0.4) is 0 Å². The molecule has 39 heavy (non-hydrogen) atoms. The lowest BCUT2D eigenvalue weighted by atomic mass is 9.85. The van der Waals surface area contributed by atoms with Crippen molar-refractivity contribution in [1.82, 2.24) is 5.48 Å². The number of carbonyl (C=O) groups is 1. The maximum absolute atomic E-state index is 13.6. The van der Waals surface area contributed by atoms with Gasteiger partial charge in [-0.3, -0.25) is 9.63 Å². The molecule has 2 atom stereocenters. The predicted molar refractivity (Wildman–Crippen MR) is 149 cm³/mol. The van der Waals surface area contributed by atoms with Gasteiger partial charge >= 0.3 is 0 Å². The quantitative estimate of drug-likeness (QED) is 0.233. The second-order valence-corrected chi connectivity index (χ2v) is 11.9. The van der Waals surface area contributed by atoms with E-state index in [4.69, 9.17) is 24.4 Å². The van der Waals surface area contributed by atoms with Crippen molar-refractivity contribution in [3.63, 3.8) is 0 Å². The molecular weight excluding hydrogens is 588 g/mol. The number of aliphatic hydroxyl groups is 1. The Morgan fingerprint density at radius 3 is 2.41 bits per heavy atom. The second kappa shape index (κ2) is 12.7. The van der Waals surface area contributed by atoms with Gasteiger partial charge in [0.2, 0.25) is 5.90 Å². The van der Waals surface area contributed by atoms with Crippen LogP contribution in [0.5, 0.6) is 5.75 Å². The molecule has 0 aromatic heterocycles. The van der Waals surface area contributed by atoms with E-state index in [1.54, 1.807) is 54.6 Å². The first kappa shape index (κ1) is 28.8. The first-order chi connectivity index (χ1) is 18.8. The van der Waals surface area contributed by atoms with E-state index in [2.05, 4.69) is 21.4 Å². The summed E-state index contributed by atoms with van der Waals surface area (Å²) < 4.78 is 39.2. The number of aliphatic hydroxyl groups excluding tert-OH is 1. The maximum Gasteiger partial charge on any atom is 0.275 e. The number of halogens is 1. The SMILES string of the molecule is CONC(=O)[C@@]1(CCS(=O)(=O)c2ccccc2)N=C(c2ccc(OCCCO)cc2)O[C@H]1c1ccc(Br)cc1. The topological polar surface area (TPSA) is 124 Å². The van der Waals surface area contributed by atoms with Crippen molar-refractivity contribution >= 4 is 37.6 Å². The van der Waals surface area contributed by atoms with Crippen molar-refractivity contribution in [2.75, 3.05) is 26.1 Å². The summed E-state index contributed by atoms with van der Waals surface area (Å²) in [5.74, 6) is -0.181. The monoisotopic (exact) mass is 616 g/mol. The van der Waals surface area contributed by atoms with E-state index in [-0.39, 0.29) is 29.6 Å². The van der Waals surface area contributed by atoms with Crippen molar-refractivity contribution in [2.24, 2.45) is 4.99 Å². The Morgan fingerprint density at radius 1 is 1.08 bits per heavy atom. The lowest BCUT2D eigenvalue weighted by molar-refractivity contribution is -0.139. The van der Waals surface area contributed by atoms with Gasteiger partial charge in [0.05, 0.1) is 24.4 Å². The standard InChI is InChI=1S/C28H29BrN2O7S/c1-36-31-27(33)28(16-19-39(34,35)24-6-3-2-4-7-24)25(20-8-12-22(29)13-9-20)38-26(30-28)21-10-14-23(15-11-21)37-18-5-17-32/h2-4,6-15,25,32H,5,16-19H2,1H3,(H,31,33)/t25-,28-/m0/s1. The van der Waals surface area contributed by atoms with Gasteiger partial charge in [-0.15, -0.1) is 0 Å². The summed E-state index contributed by atoms with van der Waals surface area (Å²) in [5.41, 5.74) is 1.94. The Bertz CT molecular complexity index is 1400. The lowest BCUT2D eigenvalue weighted by Crippen LogP contribution is -2.49. The summed E-state index contributed by atoms with van der Waals surface area (Å²) in [5, 5.41) is 8.96. The third kappa shape index (κ3) is 6.67. The Hall–Kier alpha value is -3.25.